The van der Waals surface area contributed by atoms with Crippen molar-refractivity contribution < 1.29 is 4.79 Å². The zero-order valence-electron chi connectivity index (χ0n) is 7.27. The van der Waals surface area contributed by atoms with Crippen molar-refractivity contribution >= 4 is 39.7 Å². The topological polar surface area (TPSA) is 47.8 Å². The molecular weight excluding hydrogens is 313 g/mol. The average molecular weight is 319 g/mol. The largest absolute Gasteiger partial charge is 0.292 e. The molecule has 0 fully saturated rings. The first-order valence-corrected chi connectivity index (χ1v) is 5.79. The van der Waals surface area contributed by atoms with Crippen LogP contribution in [0.2, 0.25) is 0 Å². The predicted molar refractivity (Wildman–Crippen MR) is 62.0 cm³/mol. The molecule has 2 aromatic heterocycles. The third-order valence-corrected chi connectivity index (χ3v) is 3.07. The second-order valence-corrected chi connectivity index (χ2v) is 4.77. The molecule has 0 aliphatic heterocycles. The lowest BCUT2D eigenvalue weighted by atomic mass is 10.5. The zero-order chi connectivity index (χ0) is 10.1. The van der Waals surface area contributed by atoms with Gasteiger partial charge in [0.15, 0.2) is 16.6 Å². The smallest absolute Gasteiger partial charge is 0.188 e. The number of hydrogen-bond donors (Lipinski definition) is 0. The predicted octanol–water partition coefficient (Wildman–Crippen LogP) is 2.14. The van der Waals surface area contributed by atoms with Gasteiger partial charge in [-0.3, -0.25) is 4.79 Å². The second-order valence-electron chi connectivity index (χ2n) is 2.67. The standard InChI is InChI=1S/C8H6IN3OS/c1-5(13)8-11-7(4-14-8)12-3-6(9)2-10-12/h2-4H,1H3. The maximum absolute atomic E-state index is 11.0. The molecule has 0 atom stereocenters. The zero-order valence-corrected chi connectivity index (χ0v) is 10.2. The molecule has 0 saturated heterocycles. The van der Waals surface area contributed by atoms with Gasteiger partial charge in [-0.15, -0.1) is 11.3 Å². The van der Waals surface area contributed by atoms with Gasteiger partial charge in [-0.05, 0) is 22.6 Å². The first-order valence-electron chi connectivity index (χ1n) is 3.84. The summed E-state index contributed by atoms with van der Waals surface area (Å²) >= 11 is 3.51. The van der Waals surface area contributed by atoms with Crippen LogP contribution in [0.1, 0.15) is 16.7 Å². The van der Waals surface area contributed by atoms with Gasteiger partial charge in [-0.25, -0.2) is 9.67 Å². The van der Waals surface area contributed by atoms with Gasteiger partial charge in [0.05, 0.1) is 9.77 Å². The summed E-state index contributed by atoms with van der Waals surface area (Å²) in [6.07, 6.45) is 3.60. The van der Waals surface area contributed by atoms with Crippen LogP contribution in [-0.4, -0.2) is 20.5 Å². The lowest BCUT2D eigenvalue weighted by molar-refractivity contribution is 0.101. The number of carbonyl (C=O) groups is 1. The van der Waals surface area contributed by atoms with Crippen molar-refractivity contribution in [2.75, 3.05) is 0 Å². The van der Waals surface area contributed by atoms with E-state index in [1.165, 1.54) is 18.3 Å². The van der Waals surface area contributed by atoms with Gasteiger partial charge in [-0.1, -0.05) is 0 Å². The van der Waals surface area contributed by atoms with Crippen molar-refractivity contribution in [2.24, 2.45) is 0 Å². The van der Waals surface area contributed by atoms with E-state index in [1.807, 2.05) is 11.6 Å². The molecule has 0 aliphatic carbocycles. The fourth-order valence-electron chi connectivity index (χ4n) is 0.958. The molecule has 0 amide bonds. The van der Waals surface area contributed by atoms with E-state index in [-0.39, 0.29) is 5.78 Å². The van der Waals surface area contributed by atoms with E-state index in [0.717, 1.165) is 3.57 Å². The van der Waals surface area contributed by atoms with Crippen molar-refractivity contribution in [2.45, 2.75) is 6.92 Å². The first-order chi connectivity index (χ1) is 6.66. The summed E-state index contributed by atoms with van der Waals surface area (Å²) in [4.78, 5) is 15.2. The van der Waals surface area contributed by atoms with Crippen LogP contribution in [-0.2, 0) is 0 Å². The second kappa shape index (κ2) is 3.77. The van der Waals surface area contributed by atoms with Gasteiger partial charge in [0.25, 0.3) is 0 Å². The Morgan fingerprint density at radius 1 is 1.64 bits per heavy atom. The molecule has 0 bridgehead atoms. The number of halogens is 1. The minimum absolute atomic E-state index is 0.0110. The summed E-state index contributed by atoms with van der Waals surface area (Å²) in [5, 5.41) is 6.44. The Bertz CT molecular complexity index is 476. The number of thiazole rings is 1. The van der Waals surface area contributed by atoms with Crippen LogP contribution in [0.15, 0.2) is 17.8 Å². The quantitative estimate of drug-likeness (QED) is 0.629. The van der Waals surface area contributed by atoms with E-state index in [0.29, 0.717) is 10.8 Å². The molecule has 0 N–H and O–H groups in total. The van der Waals surface area contributed by atoms with Crippen LogP contribution in [0, 0.1) is 3.57 Å². The lowest BCUT2D eigenvalue weighted by Crippen LogP contribution is -1.96. The van der Waals surface area contributed by atoms with E-state index in [2.05, 4.69) is 32.7 Å². The van der Waals surface area contributed by atoms with Crippen LogP contribution < -0.4 is 0 Å². The Kier molecular flexibility index (Phi) is 2.64. The molecule has 0 saturated carbocycles. The molecule has 2 aromatic rings. The summed E-state index contributed by atoms with van der Waals surface area (Å²) < 4.78 is 2.70. The van der Waals surface area contributed by atoms with Crippen LogP contribution in [0.3, 0.4) is 0 Å². The fourth-order valence-corrected chi connectivity index (χ4v) is 2.04. The van der Waals surface area contributed by atoms with Crippen LogP contribution in [0.5, 0.6) is 0 Å². The summed E-state index contributed by atoms with van der Waals surface area (Å²) in [7, 11) is 0. The Morgan fingerprint density at radius 3 is 2.93 bits per heavy atom. The molecule has 0 radical (unpaired) electrons. The number of aromatic nitrogens is 3. The number of hydrogen-bond acceptors (Lipinski definition) is 4. The number of ketones is 1. The Labute approximate surface area is 98.1 Å². The van der Waals surface area contributed by atoms with Crippen LogP contribution >= 0.6 is 33.9 Å². The highest BCUT2D eigenvalue weighted by molar-refractivity contribution is 14.1. The van der Waals surface area contributed by atoms with Crippen molar-refractivity contribution in [3.8, 4) is 5.82 Å². The maximum Gasteiger partial charge on any atom is 0.188 e. The van der Waals surface area contributed by atoms with E-state index in [4.69, 9.17) is 0 Å². The molecule has 4 nitrogen and oxygen atoms in total. The normalized spacial score (nSPS) is 10.4. The van der Waals surface area contributed by atoms with E-state index >= 15 is 0 Å². The van der Waals surface area contributed by atoms with Gasteiger partial charge < -0.3 is 0 Å². The van der Waals surface area contributed by atoms with Crippen molar-refractivity contribution in [1.82, 2.24) is 14.8 Å². The van der Waals surface area contributed by atoms with Crippen LogP contribution in [0.4, 0.5) is 0 Å². The number of nitrogens with zero attached hydrogens (tertiary/aromatic N) is 3. The van der Waals surface area contributed by atoms with Gasteiger partial charge in [-0.2, -0.15) is 5.10 Å². The molecule has 0 aliphatic rings. The van der Waals surface area contributed by atoms with Crippen molar-refractivity contribution in [3.63, 3.8) is 0 Å². The third kappa shape index (κ3) is 1.85. The highest BCUT2D eigenvalue weighted by atomic mass is 127. The number of rotatable bonds is 2. The Balaban J connectivity index is 2.38. The van der Waals surface area contributed by atoms with Gasteiger partial charge >= 0.3 is 0 Å². The first kappa shape index (κ1) is 9.78. The molecule has 0 aromatic carbocycles. The molecule has 0 unspecified atom stereocenters. The molecule has 0 spiro atoms. The third-order valence-electron chi connectivity index (χ3n) is 1.58. The van der Waals surface area contributed by atoms with Gasteiger partial charge in [0.2, 0.25) is 0 Å². The fraction of sp³-hybridized carbons (Fsp3) is 0.125. The summed E-state index contributed by atoms with van der Waals surface area (Å²) in [5.74, 6) is 0.686. The number of carbonyl (C=O) groups excluding carboxylic acids is 1. The van der Waals surface area contributed by atoms with E-state index in [9.17, 15) is 4.79 Å². The Morgan fingerprint density at radius 2 is 2.43 bits per heavy atom. The van der Waals surface area contributed by atoms with Crippen molar-refractivity contribution in [1.29, 1.82) is 0 Å². The maximum atomic E-state index is 11.0. The molecule has 72 valence electrons. The van der Waals surface area contributed by atoms with Gasteiger partial charge in [0, 0.05) is 18.5 Å². The van der Waals surface area contributed by atoms with Crippen molar-refractivity contribution in [3.05, 3.63) is 26.4 Å². The lowest BCUT2D eigenvalue weighted by Gasteiger charge is -1.91. The summed E-state index contributed by atoms with van der Waals surface area (Å²) in [5.41, 5.74) is 0. The van der Waals surface area contributed by atoms with E-state index < -0.39 is 0 Å². The summed E-state index contributed by atoms with van der Waals surface area (Å²) in [6.45, 7) is 1.51. The Hall–Kier alpha value is -0.760. The van der Waals surface area contributed by atoms with E-state index in [1.54, 1.807) is 10.9 Å². The molecular formula is C8H6IN3OS. The SMILES string of the molecule is CC(=O)c1nc(-n2cc(I)cn2)cs1. The highest BCUT2D eigenvalue weighted by Gasteiger charge is 2.07. The summed E-state index contributed by atoms with van der Waals surface area (Å²) in [6, 6.07) is 0. The molecule has 14 heavy (non-hydrogen) atoms. The minimum Gasteiger partial charge on any atom is -0.292 e. The average Bonchev–Trinajstić information content (AvgIpc) is 2.70. The van der Waals surface area contributed by atoms with Crippen LogP contribution in [0.25, 0.3) is 5.82 Å². The molecule has 2 heterocycles. The molecule has 2 rings (SSSR count). The molecule has 6 heteroatoms. The monoisotopic (exact) mass is 319 g/mol. The van der Waals surface area contributed by atoms with Gasteiger partial charge in [0.1, 0.15) is 0 Å². The minimum atomic E-state index is -0.0110. The highest BCUT2D eigenvalue weighted by Crippen LogP contribution is 2.14. The number of Topliss-reactive ketones (excluding diaryl/α,β-unsaturated/α-hetero) is 1.